The first kappa shape index (κ1) is 12.0. The molecule has 0 bridgehead atoms. The van der Waals surface area contributed by atoms with E-state index < -0.39 is 0 Å². The predicted octanol–water partition coefficient (Wildman–Crippen LogP) is 1.41. The normalized spacial score (nSPS) is 12.4. The second kappa shape index (κ2) is 5.22. The van der Waals surface area contributed by atoms with Crippen LogP contribution in [0, 0.1) is 6.92 Å². The number of rotatable bonds is 4. The largest absolute Gasteiger partial charge is 0.480 e. The smallest absolute Gasteiger partial charge is 0.237 e. The summed E-state index contributed by atoms with van der Waals surface area (Å²) in [6, 6.07) is -0.204. The number of nitrogens with zero attached hydrogens (tertiary/aromatic N) is 2. The fourth-order valence-corrected chi connectivity index (χ4v) is 2.55. The summed E-state index contributed by atoms with van der Waals surface area (Å²) in [5.41, 5.74) is 5.72. The van der Waals surface area contributed by atoms with E-state index in [2.05, 4.69) is 20.8 Å². The van der Waals surface area contributed by atoms with Crippen molar-refractivity contribution < 1.29 is 4.74 Å². The van der Waals surface area contributed by atoms with Crippen molar-refractivity contribution >= 4 is 11.3 Å². The van der Waals surface area contributed by atoms with Gasteiger partial charge in [-0.15, -0.1) is 0 Å². The molecular weight excluding hydrogens is 236 g/mol. The molecule has 0 saturated heterocycles. The number of methoxy groups -OCH3 is 1. The van der Waals surface area contributed by atoms with Gasteiger partial charge in [0, 0.05) is 12.4 Å². The van der Waals surface area contributed by atoms with Gasteiger partial charge in [0.25, 0.3) is 0 Å². The van der Waals surface area contributed by atoms with Crippen molar-refractivity contribution in [3.63, 3.8) is 0 Å². The highest BCUT2D eigenvalue weighted by molar-refractivity contribution is 7.08. The Morgan fingerprint density at radius 3 is 2.71 bits per heavy atom. The Labute approximate surface area is 104 Å². The minimum Gasteiger partial charge on any atom is -0.480 e. The molecule has 0 aliphatic rings. The van der Waals surface area contributed by atoms with E-state index in [9.17, 15) is 0 Å². The van der Waals surface area contributed by atoms with Crippen LogP contribution >= 0.6 is 11.3 Å². The lowest BCUT2D eigenvalue weighted by Crippen LogP contribution is -2.30. The van der Waals surface area contributed by atoms with Crippen LogP contribution in [-0.4, -0.2) is 17.1 Å². The average Bonchev–Trinajstić information content (AvgIpc) is 2.78. The van der Waals surface area contributed by atoms with E-state index in [0.717, 1.165) is 5.56 Å². The van der Waals surface area contributed by atoms with E-state index >= 15 is 0 Å². The van der Waals surface area contributed by atoms with Crippen LogP contribution in [0.25, 0.3) is 0 Å². The van der Waals surface area contributed by atoms with Crippen LogP contribution in [0.15, 0.2) is 23.2 Å². The van der Waals surface area contributed by atoms with Gasteiger partial charge in [0.05, 0.1) is 13.2 Å². The van der Waals surface area contributed by atoms with Crippen LogP contribution in [0.1, 0.15) is 22.9 Å². The molecule has 2 aromatic rings. The zero-order chi connectivity index (χ0) is 12.3. The number of nitrogens with one attached hydrogen (secondary N) is 1. The van der Waals surface area contributed by atoms with Crippen LogP contribution in [0.2, 0.25) is 0 Å². The third-order valence-electron chi connectivity index (χ3n) is 2.53. The lowest BCUT2D eigenvalue weighted by molar-refractivity contribution is 0.383. The third-order valence-corrected chi connectivity index (χ3v) is 3.41. The molecule has 0 aliphatic heterocycles. The minimum absolute atomic E-state index is 0.204. The summed E-state index contributed by atoms with van der Waals surface area (Å²) in [5.74, 6) is 6.11. The predicted molar refractivity (Wildman–Crippen MR) is 66.8 cm³/mol. The molecule has 90 valence electrons. The maximum atomic E-state index is 5.62. The monoisotopic (exact) mass is 250 g/mol. The van der Waals surface area contributed by atoms with Crippen molar-refractivity contribution in [1.82, 2.24) is 15.4 Å². The second-order valence-electron chi connectivity index (χ2n) is 3.56. The number of ether oxygens (including phenoxy) is 1. The molecule has 0 aromatic carbocycles. The molecule has 0 fully saturated rings. The molecule has 5 nitrogen and oxygen atoms in total. The SMILES string of the molecule is COc1nccnc1C(NN)c1cscc1C. The first-order valence-corrected chi connectivity index (χ1v) is 6.06. The Hall–Kier alpha value is -1.50. The molecule has 6 heteroatoms. The Morgan fingerprint density at radius 2 is 2.12 bits per heavy atom. The molecule has 17 heavy (non-hydrogen) atoms. The third kappa shape index (κ3) is 2.28. The molecule has 0 aliphatic carbocycles. The van der Waals surface area contributed by atoms with Crippen molar-refractivity contribution in [1.29, 1.82) is 0 Å². The van der Waals surface area contributed by atoms with Gasteiger partial charge in [0.2, 0.25) is 5.88 Å². The van der Waals surface area contributed by atoms with Gasteiger partial charge in [-0.25, -0.2) is 10.4 Å². The Bertz CT molecular complexity index is 500. The number of aromatic nitrogens is 2. The lowest BCUT2D eigenvalue weighted by Gasteiger charge is -2.17. The minimum atomic E-state index is -0.204. The highest BCUT2D eigenvalue weighted by Gasteiger charge is 2.21. The van der Waals surface area contributed by atoms with Crippen LogP contribution in [0.3, 0.4) is 0 Å². The quantitative estimate of drug-likeness (QED) is 0.634. The van der Waals surface area contributed by atoms with E-state index in [-0.39, 0.29) is 6.04 Å². The van der Waals surface area contributed by atoms with Gasteiger partial charge < -0.3 is 4.74 Å². The van der Waals surface area contributed by atoms with Gasteiger partial charge in [0.1, 0.15) is 5.69 Å². The van der Waals surface area contributed by atoms with E-state index in [1.165, 1.54) is 5.56 Å². The van der Waals surface area contributed by atoms with Gasteiger partial charge in [-0.2, -0.15) is 11.3 Å². The average molecular weight is 250 g/mol. The zero-order valence-electron chi connectivity index (χ0n) is 9.68. The first-order valence-electron chi connectivity index (χ1n) is 5.11. The maximum Gasteiger partial charge on any atom is 0.237 e. The van der Waals surface area contributed by atoms with Gasteiger partial charge in [-0.05, 0) is 28.8 Å². The highest BCUT2D eigenvalue weighted by Crippen LogP contribution is 2.29. The Kier molecular flexibility index (Phi) is 3.68. The van der Waals surface area contributed by atoms with Gasteiger partial charge in [0.15, 0.2) is 0 Å². The number of hydrazine groups is 1. The molecule has 3 N–H and O–H groups in total. The van der Waals surface area contributed by atoms with Crippen LogP contribution < -0.4 is 16.0 Å². The number of thiophene rings is 1. The number of hydrogen-bond donors (Lipinski definition) is 2. The van der Waals surface area contributed by atoms with E-state index in [1.807, 2.05) is 12.3 Å². The molecule has 2 aromatic heterocycles. The topological polar surface area (TPSA) is 73.1 Å². The van der Waals surface area contributed by atoms with Crippen molar-refractivity contribution in [2.24, 2.45) is 5.84 Å². The molecule has 0 amide bonds. The summed E-state index contributed by atoms with van der Waals surface area (Å²) in [6.07, 6.45) is 3.22. The van der Waals surface area contributed by atoms with Gasteiger partial charge in [-0.1, -0.05) is 0 Å². The van der Waals surface area contributed by atoms with Crippen LogP contribution in [-0.2, 0) is 0 Å². The van der Waals surface area contributed by atoms with Crippen LogP contribution in [0.4, 0.5) is 0 Å². The second-order valence-corrected chi connectivity index (χ2v) is 4.30. The summed E-state index contributed by atoms with van der Waals surface area (Å²) in [7, 11) is 1.57. The zero-order valence-corrected chi connectivity index (χ0v) is 10.5. The maximum absolute atomic E-state index is 5.62. The number of nitrogens with two attached hydrogens (primary N) is 1. The summed E-state index contributed by atoms with van der Waals surface area (Å²) >= 11 is 1.63. The van der Waals surface area contributed by atoms with E-state index in [1.54, 1.807) is 30.8 Å². The molecule has 0 saturated carbocycles. The van der Waals surface area contributed by atoms with Gasteiger partial charge in [-0.3, -0.25) is 10.8 Å². The number of hydrogen-bond acceptors (Lipinski definition) is 6. The molecule has 1 atom stereocenters. The molecule has 1 unspecified atom stereocenters. The van der Waals surface area contributed by atoms with Crippen LogP contribution in [0.5, 0.6) is 5.88 Å². The molecule has 2 rings (SSSR count). The summed E-state index contributed by atoms with van der Waals surface area (Å²) in [6.45, 7) is 2.04. The molecular formula is C11H14N4OS. The first-order chi connectivity index (χ1) is 8.27. The lowest BCUT2D eigenvalue weighted by atomic mass is 10.0. The summed E-state index contributed by atoms with van der Waals surface area (Å²) < 4.78 is 5.20. The van der Waals surface area contributed by atoms with Gasteiger partial charge >= 0.3 is 0 Å². The summed E-state index contributed by atoms with van der Waals surface area (Å²) in [4.78, 5) is 8.42. The molecule has 2 heterocycles. The number of aryl methyl sites for hydroxylation is 1. The fourth-order valence-electron chi connectivity index (χ4n) is 1.67. The Balaban J connectivity index is 2.46. The Morgan fingerprint density at radius 1 is 1.35 bits per heavy atom. The van der Waals surface area contributed by atoms with Crippen molar-refractivity contribution in [3.05, 3.63) is 40.0 Å². The van der Waals surface area contributed by atoms with E-state index in [0.29, 0.717) is 11.6 Å². The van der Waals surface area contributed by atoms with Crippen molar-refractivity contribution in [3.8, 4) is 5.88 Å². The van der Waals surface area contributed by atoms with Crippen molar-refractivity contribution in [2.75, 3.05) is 7.11 Å². The standard InChI is InChI=1S/C11H14N4OS/c1-7-5-17-6-8(7)9(15-12)10-11(16-2)14-4-3-13-10/h3-6,9,15H,12H2,1-2H3. The fraction of sp³-hybridized carbons (Fsp3) is 0.273. The molecule has 0 spiro atoms. The highest BCUT2D eigenvalue weighted by atomic mass is 32.1. The van der Waals surface area contributed by atoms with E-state index in [4.69, 9.17) is 10.6 Å². The van der Waals surface area contributed by atoms with Crippen molar-refractivity contribution in [2.45, 2.75) is 13.0 Å². The summed E-state index contributed by atoms with van der Waals surface area (Å²) in [5, 5.41) is 4.12. The molecule has 0 radical (unpaired) electrons.